The van der Waals surface area contributed by atoms with Crippen LogP contribution in [0, 0.1) is 18.8 Å². The average Bonchev–Trinajstić information content (AvgIpc) is 3.84. The first-order valence-corrected chi connectivity index (χ1v) is 20.2. The Balaban J connectivity index is 1.14. The van der Waals surface area contributed by atoms with Gasteiger partial charge in [-0.1, -0.05) is 24.3 Å². The van der Waals surface area contributed by atoms with Crippen molar-refractivity contribution in [2.75, 3.05) is 25.2 Å². The number of amides is 2. The van der Waals surface area contributed by atoms with E-state index >= 15 is 0 Å². The predicted octanol–water partition coefficient (Wildman–Crippen LogP) is 8.24. The molecule has 2 aromatic carbocycles. The van der Waals surface area contributed by atoms with Gasteiger partial charge in [-0.2, -0.15) is 0 Å². The summed E-state index contributed by atoms with van der Waals surface area (Å²) in [7, 11) is 1.72. The molecule has 8 nitrogen and oxygen atoms in total. The van der Waals surface area contributed by atoms with Gasteiger partial charge in [-0.3, -0.25) is 14.4 Å². The number of aryl methyl sites for hydroxylation is 1. The average molecular weight is 784 g/mol. The van der Waals surface area contributed by atoms with Crippen LogP contribution in [0.1, 0.15) is 99.1 Å². The zero-order valence-corrected chi connectivity index (χ0v) is 31.1. The van der Waals surface area contributed by atoms with Crippen LogP contribution < -0.4 is 13.2 Å². The molecule has 0 atom stereocenters. The van der Waals surface area contributed by atoms with Crippen LogP contribution in [0.4, 0.5) is 5.69 Å². The molecular weight excluding hydrogens is 737 g/mol. The van der Waals surface area contributed by atoms with Crippen molar-refractivity contribution >= 4 is 59.3 Å². The number of benzene rings is 2. The first-order chi connectivity index (χ1) is 23.3. The Labute approximate surface area is 298 Å². The Hall–Kier alpha value is -3.12. The molecule has 48 heavy (non-hydrogen) atoms. The van der Waals surface area contributed by atoms with Crippen molar-refractivity contribution < 1.29 is 23.9 Å². The standard InChI is InChI=1S/C38H46IN3O5S/c1-24-19-30(15-18-34(24)46-3)27-9-7-26(8-10-27)22-42(33-6-4-5-31(20-33)35-21-40-37(48-35)28-11-12-28)38(45)29-13-16-32(17-14-29)39-41-36(44)23-47-25(2)43/h4-6,15,18-21,26-29H,7-14,16-17,22-23H2,1-3H3,(H,41,44). The highest BCUT2D eigenvalue weighted by molar-refractivity contribution is 14.2. The molecule has 256 valence electrons. The Bertz CT molecular complexity index is 1650. The molecule has 0 saturated heterocycles. The lowest BCUT2D eigenvalue weighted by Gasteiger charge is -2.35. The lowest BCUT2D eigenvalue weighted by atomic mass is 9.78. The number of carbonyl (C=O) groups is 3. The summed E-state index contributed by atoms with van der Waals surface area (Å²) in [4.78, 5) is 45.5. The molecule has 0 unspecified atom stereocenters. The van der Waals surface area contributed by atoms with Gasteiger partial charge in [-0.05, 0) is 142 Å². The van der Waals surface area contributed by atoms with Gasteiger partial charge in [0.2, 0.25) is 5.91 Å². The molecule has 1 heterocycles. The second-order valence-corrected chi connectivity index (χ2v) is 17.1. The summed E-state index contributed by atoms with van der Waals surface area (Å²) >= 11 is 1.13. The third-order valence-electron chi connectivity index (χ3n) is 9.91. The second kappa shape index (κ2) is 16.1. The van der Waals surface area contributed by atoms with Gasteiger partial charge >= 0.3 is 5.97 Å². The van der Waals surface area contributed by atoms with E-state index in [1.807, 2.05) is 6.20 Å². The second-order valence-electron chi connectivity index (χ2n) is 13.5. The molecular formula is C38H46IN3O5S. The SMILES string of the molecule is COc1ccc(C2CCC(CN(C(=O)C3CCC(=INC(=O)COC(C)=O)CC3)c3cccc(-c4cnc(C5CC5)s4)c3)CC2)cc1C. The molecule has 3 aliphatic rings. The fraction of sp³-hybridized carbons (Fsp3) is 0.500. The maximum Gasteiger partial charge on any atom is 0.303 e. The van der Waals surface area contributed by atoms with Crippen LogP contribution in [0.25, 0.3) is 10.4 Å². The van der Waals surface area contributed by atoms with Gasteiger partial charge in [0.05, 0.1) is 17.0 Å². The van der Waals surface area contributed by atoms with Crippen LogP contribution >= 0.6 is 32.3 Å². The predicted molar refractivity (Wildman–Crippen MR) is 200 cm³/mol. The Morgan fingerprint density at radius 3 is 2.42 bits per heavy atom. The summed E-state index contributed by atoms with van der Waals surface area (Å²) in [5, 5.41) is 1.23. The number of aromatic nitrogens is 1. The number of nitrogens with zero attached hydrogens (tertiary/aromatic N) is 2. The molecule has 3 aliphatic carbocycles. The minimum atomic E-state index is -0.653. The summed E-state index contributed by atoms with van der Waals surface area (Å²) in [5.41, 5.74) is 4.67. The van der Waals surface area contributed by atoms with Crippen molar-refractivity contribution in [3.63, 3.8) is 0 Å². The smallest absolute Gasteiger partial charge is 0.303 e. The van der Waals surface area contributed by atoms with Crippen molar-refractivity contribution in [3.8, 4) is 16.2 Å². The van der Waals surface area contributed by atoms with E-state index in [4.69, 9.17) is 14.5 Å². The largest absolute Gasteiger partial charge is 0.496 e. The van der Waals surface area contributed by atoms with Crippen LogP contribution in [0.15, 0.2) is 48.7 Å². The molecule has 3 aromatic rings. The Morgan fingerprint density at radius 1 is 0.979 bits per heavy atom. The van der Waals surface area contributed by atoms with Crippen molar-refractivity contribution in [1.29, 1.82) is 0 Å². The van der Waals surface area contributed by atoms with Gasteiger partial charge in [0.15, 0.2) is 6.61 Å². The lowest BCUT2D eigenvalue weighted by Crippen LogP contribution is -2.41. The number of anilines is 1. The number of carbonyl (C=O) groups excluding carboxylic acids is 3. The molecule has 10 heteroatoms. The lowest BCUT2D eigenvalue weighted by molar-refractivity contribution is -0.145. The van der Waals surface area contributed by atoms with E-state index in [0.717, 1.165) is 79.8 Å². The van der Waals surface area contributed by atoms with Gasteiger partial charge in [-0.15, -0.1) is 11.3 Å². The minimum Gasteiger partial charge on any atom is -0.496 e. The fourth-order valence-corrected chi connectivity index (χ4v) is 10.1. The van der Waals surface area contributed by atoms with E-state index in [0.29, 0.717) is 17.8 Å². The molecule has 3 fully saturated rings. The number of nitrogens with one attached hydrogen (secondary N) is 1. The number of halogens is 1. The Kier molecular flexibility index (Phi) is 11.6. The third-order valence-corrected chi connectivity index (χ3v) is 13.8. The van der Waals surface area contributed by atoms with Gasteiger partial charge in [0.25, 0.3) is 5.91 Å². The highest BCUT2D eigenvalue weighted by atomic mass is 127. The van der Waals surface area contributed by atoms with Crippen LogP contribution in [0.5, 0.6) is 5.75 Å². The normalized spacial score (nSPS) is 21.0. The number of thiazole rings is 1. The van der Waals surface area contributed by atoms with Crippen LogP contribution in [-0.2, 0) is 19.1 Å². The van der Waals surface area contributed by atoms with E-state index in [9.17, 15) is 14.4 Å². The van der Waals surface area contributed by atoms with Gasteiger partial charge in [0, 0.05) is 37.2 Å². The Morgan fingerprint density at radius 2 is 1.73 bits per heavy atom. The van der Waals surface area contributed by atoms with E-state index < -0.39 is 27.0 Å². The molecule has 0 aliphatic heterocycles. The number of rotatable bonds is 11. The topological polar surface area (TPSA) is 97.8 Å². The van der Waals surface area contributed by atoms with Crippen molar-refractivity contribution in [3.05, 3.63) is 64.8 Å². The first kappa shape index (κ1) is 34.7. The van der Waals surface area contributed by atoms with Crippen LogP contribution in [-0.4, -0.2) is 46.5 Å². The van der Waals surface area contributed by atoms with E-state index in [1.165, 1.54) is 39.4 Å². The molecule has 6 rings (SSSR count). The molecule has 1 aromatic heterocycles. The summed E-state index contributed by atoms with van der Waals surface area (Å²) in [6, 6.07) is 15.1. The summed E-state index contributed by atoms with van der Waals surface area (Å²) in [5.74, 6) is 2.01. The van der Waals surface area contributed by atoms with Crippen LogP contribution in [0.2, 0.25) is 0 Å². The number of hydrogen-bond donors (Lipinski definition) is 1. The molecule has 1 N–H and O–H groups in total. The van der Waals surface area contributed by atoms with Gasteiger partial charge in [0.1, 0.15) is 5.75 Å². The summed E-state index contributed by atoms with van der Waals surface area (Å²) in [6.45, 7) is 3.91. The minimum absolute atomic E-state index is 0.0401. The zero-order valence-electron chi connectivity index (χ0n) is 28.1. The molecule has 0 radical (unpaired) electrons. The molecule has 3 saturated carbocycles. The van der Waals surface area contributed by atoms with Crippen molar-refractivity contribution in [1.82, 2.24) is 8.51 Å². The summed E-state index contributed by atoms with van der Waals surface area (Å²) < 4.78 is 14.6. The van der Waals surface area contributed by atoms with E-state index in [2.05, 4.69) is 57.8 Å². The molecule has 2 amide bonds. The van der Waals surface area contributed by atoms with Crippen molar-refractivity contribution in [2.24, 2.45) is 11.8 Å². The number of esters is 1. The number of ether oxygens (including phenoxy) is 2. The van der Waals surface area contributed by atoms with Gasteiger partial charge in [-0.25, -0.2) is 4.98 Å². The molecule has 0 bridgehead atoms. The quantitative estimate of drug-likeness (QED) is 0.120. The van der Waals surface area contributed by atoms with E-state index in [-0.39, 0.29) is 24.3 Å². The number of hydrogen-bond acceptors (Lipinski definition) is 7. The number of methoxy groups -OCH3 is 1. The monoisotopic (exact) mass is 783 g/mol. The highest BCUT2D eigenvalue weighted by Gasteiger charge is 2.32. The van der Waals surface area contributed by atoms with Crippen molar-refractivity contribution in [2.45, 2.75) is 89.9 Å². The maximum atomic E-state index is 14.4. The maximum absolute atomic E-state index is 14.4. The third kappa shape index (κ3) is 8.91. The zero-order chi connectivity index (χ0) is 33.6. The van der Waals surface area contributed by atoms with Gasteiger partial charge < -0.3 is 17.9 Å². The summed E-state index contributed by atoms with van der Waals surface area (Å²) in [6.07, 6.45) is 12.2. The highest BCUT2D eigenvalue weighted by Crippen LogP contribution is 2.44. The molecule has 0 spiro atoms. The first-order valence-electron chi connectivity index (χ1n) is 17.2. The van der Waals surface area contributed by atoms with Crippen LogP contribution in [0.3, 0.4) is 0 Å². The van der Waals surface area contributed by atoms with E-state index in [1.54, 1.807) is 18.4 Å². The fourth-order valence-electron chi connectivity index (χ4n) is 6.99.